The van der Waals surface area contributed by atoms with Crippen molar-refractivity contribution < 1.29 is 18.4 Å². The maximum Gasteiger partial charge on any atom is 0.331 e. The van der Waals surface area contributed by atoms with Gasteiger partial charge in [-0.2, -0.15) is 0 Å². The summed E-state index contributed by atoms with van der Waals surface area (Å²) in [6, 6.07) is 11.3. The van der Waals surface area contributed by atoms with Crippen molar-refractivity contribution in [3.8, 4) is 11.7 Å². The number of esters is 1. The number of benzene rings is 1. The molecule has 0 bridgehead atoms. The first-order valence-corrected chi connectivity index (χ1v) is 8.32. The van der Waals surface area contributed by atoms with Gasteiger partial charge in [0.15, 0.2) is 12.4 Å². The fourth-order valence-corrected chi connectivity index (χ4v) is 2.28. The van der Waals surface area contributed by atoms with Crippen molar-refractivity contribution in [2.45, 2.75) is 11.5 Å². The lowest BCUT2D eigenvalue weighted by Crippen LogP contribution is -2.00. The quantitative estimate of drug-likeness (QED) is 0.383. The molecule has 122 valence electrons. The van der Waals surface area contributed by atoms with Gasteiger partial charge in [0.1, 0.15) is 0 Å². The Balaban J connectivity index is 1.52. The van der Waals surface area contributed by atoms with E-state index in [0.717, 1.165) is 5.56 Å². The molecule has 3 aromatic rings. The average molecular weight is 342 g/mol. The highest BCUT2D eigenvalue weighted by Crippen LogP contribution is 2.18. The minimum absolute atomic E-state index is 0.0949. The van der Waals surface area contributed by atoms with E-state index in [1.807, 2.05) is 30.5 Å². The summed E-state index contributed by atoms with van der Waals surface area (Å²) >= 11 is 1.66. The molecule has 7 heteroatoms. The van der Waals surface area contributed by atoms with Crippen LogP contribution in [0.15, 0.2) is 62.5 Å². The van der Waals surface area contributed by atoms with E-state index in [0.29, 0.717) is 5.76 Å². The van der Waals surface area contributed by atoms with Crippen molar-refractivity contribution in [2.24, 2.45) is 0 Å². The molecular weight excluding hydrogens is 328 g/mol. The zero-order chi connectivity index (χ0) is 16.8. The summed E-state index contributed by atoms with van der Waals surface area (Å²) in [6.45, 7) is -0.0949. The largest absolute Gasteiger partial charge is 0.459 e. The van der Waals surface area contributed by atoms with Crippen LogP contribution in [0.2, 0.25) is 0 Å². The molecule has 0 fully saturated rings. The lowest BCUT2D eigenvalue weighted by atomic mass is 10.2. The number of carbonyl (C=O) groups is 1. The highest BCUT2D eigenvalue weighted by molar-refractivity contribution is 7.98. The molecule has 0 radical (unpaired) electrons. The smallest absolute Gasteiger partial charge is 0.331 e. The van der Waals surface area contributed by atoms with Crippen LogP contribution in [0.1, 0.15) is 11.5 Å². The van der Waals surface area contributed by atoms with E-state index in [-0.39, 0.29) is 18.4 Å². The molecule has 1 aromatic carbocycles. The molecule has 0 atom stereocenters. The number of furan rings is 1. The van der Waals surface area contributed by atoms with E-state index in [9.17, 15) is 4.79 Å². The van der Waals surface area contributed by atoms with Crippen LogP contribution in [0.3, 0.4) is 0 Å². The Morgan fingerprint density at radius 1 is 1.25 bits per heavy atom. The molecule has 0 unspecified atom stereocenters. The van der Waals surface area contributed by atoms with E-state index < -0.39 is 5.97 Å². The fraction of sp³-hybridized carbons (Fsp3) is 0.118. The molecule has 2 aromatic heterocycles. The molecule has 0 saturated carbocycles. The molecule has 0 saturated heterocycles. The average Bonchev–Trinajstić information content (AvgIpc) is 3.29. The first-order chi connectivity index (χ1) is 11.7. The van der Waals surface area contributed by atoms with Crippen molar-refractivity contribution in [1.29, 1.82) is 0 Å². The van der Waals surface area contributed by atoms with Gasteiger partial charge in [-0.15, -0.1) is 22.0 Å². The Hall–Kier alpha value is -2.80. The third-order valence-electron chi connectivity index (χ3n) is 3.06. The molecular formula is C17H14N2O4S. The molecule has 0 amide bonds. The monoisotopic (exact) mass is 342 g/mol. The maximum absolute atomic E-state index is 11.7. The van der Waals surface area contributed by atoms with Gasteiger partial charge in [0.05, 0.1) is 6.26 Å². The van der Waals surface area contributed by atoms with Gasteiger partial charge in [-0.05, 0) is 42.2 Å². The van der Waals surface area contributed by atoms with Crippen LogP contribution in [0, 0.1) is 0 Å². The lowest BCUT2D eigenvalue weighted by Gasteiger charge is -1.98. The number of ether oxygens (including phenoxy) is 1. The highest BCUT2D eigenvalue weighted by Gasteiger charge is 2.11. The van der Waals surface area contributed by atoms with Gasteiger partial charge in [-0.1, -0.05) is 12.1 Å². The van der Waals surface area contributed by atoms with Gasteiger partial charge in [0.2, 0.25) is 0 Å². The summed E-state index contributed by atoms with van der Waals surface area (Å²) in [5.41, 5.74) is 0.919. The number of carbonyl (C=O) groups excluding carboxylic acids is 1. The SMILES string of the molecule is CSc1ccc(/C=C/C(=O)OCc2nnc(-c3ccco3)o2)cc1. The second-order valence-corrected chi connectivity index (χ2v) is 5.57. The summed E-state index contributed by atoms with van der Waals surface area (Å²) in [5, 5.41) is 7.63. The van der Waals surface area contributed by atoms with Gasteiger partial charge >= 0.3 is 5.97 Å². The van der Waals surface area contributed by atoms with Crippen molar-refractivity contribution in [2.75, 3.05) is 6.26 Å². The number of hydrogen-bond donors (Lipinski definition) is 0. The molecule has 3 rings (SSSR count). The minimum Gasteiger partial charge on any atom is -0.459 e. The topological polar surface area (TPSA) is 78.4 Å². The van der Waals surface area contributed by atoms with E-state index in [4.69, 9.17) is 13.6 Å². The molecule has 24 heavy (non-hydrogen) atoms. The molecule has 0 N–H and O–H groups in total. The summed E-state index contributed by atoms with van der Waals surface area (Å²) in [6.07, 6.45) is 6.57. The molecule has 2 heterocycles. The second kappa shape index (κ2) is 7.65. The van der Waals surface area contributed by atoms with Gasteiger partial charge in [-0.3, -0.25) is 0 Å². The van der Waals surface area contributed by atoms with Crippen LogP contribution in [0.25, 0.3) is 17.7 Å². The van der Waals surface area contributed by atoms with Gasteiger partial charge in [0, 0.05) is 11.0 Å². The summed E-state index contributed by atoms with van der Waals surface area (Å²) in [7, 11) is 0. The number of hydrogen-bond acceptors (Lipinski definition) is 7. The van der Waals surface area contributed by atoms with E-state index >= 15 is 0 Å². The second-order valence-electron chi connectivity index (χ2n) is 4.69. The van der Waals surface area contributed by atoms with Crippen molar-refractivity contribution in [3.05, 3.63) is 60.2 Å². The molecule has 0 aliphatic carbocycles. The zero-order valence-corrected chi connectivity index (χ0v) is 13.7. The van der Waals surface area contributed by atoms with Gasteiger partial charge in [0.25, 0.3) is 11.8 Å². The zero-order valence-electron chi connectivity index (χ0n) is 12.8. The van der Waals surface area contributed by atoms with E-state index in [1.165, 1.54) is 17.2 Å². The molecule has 0 spiro atoms. The third kappa shape index (κ3) is 4.14. The van der Waals surface area contributed by atoms with Crippen LogP contribution < -0.4 is 0 Å². The maximum atomic E-state index is 11.7. The summed E-state index contributed by atoms with van der Waals surface area (Å²) < 4.78 is 15.6. The Morgan fingerprint density at radius 3 is 2.79 bits per heavy atom. The predicted octanol–water partition coefficient (Wildman–Crippen LogP) is 3.81. The van der Waals surface area contributed by atoms with Crippen LogP contribution in [-0.4, -0.2) is 22.4 Å². The highest BCUT2D eigenvalue weighted by atomic mass is 32.2. The third-order valence-corrected chi connectivity index (χ3v) is 3.81. The Kier molecular flexibility index (Phi) is 5.12. The first-order valence-electron chi connectivity index (χ1n) is 7.10. The van der Waals surface area contributed by atoms with Crippen LogP contribution in [0.5, 0.6) is 0 Å². The number of nitrogens with zero attached hydrogens (tertiary/aromatic N) is 2. The minimum atomic E-state index is -0.485. The van der Waals surface area contributed by atoms with Crippen molar-refractivity contribution in [3.63, 3.8) is 0 Å². The van der Waals surface area contributed by atoms with Gasteiger partial charge in [-0.25, -0.2) is 4.79 Å². The van der Waals surface area contributed by atoms with Gasteiger partial charge < -0.3 is 13.6 Å². The summed E-state index contributed by atoms with van der Waals surface area (Å²) in [4.78, 5) is 12.9. The van der Waals surface area contributed by atoms with Crippen LogP contribution in [-0.2, 0) is 16.1 Å². The number of rotatable bonds is 6. The Bertz CT molecular complexity index is 823. The van der Waals surface area contributed by atoms with E-state index in [1.54, 1.807) is 30.0 Å². The fourth-order valence-electron chi connectivity index (χ4n) is 1.87. The van der Waals surface area contributed by atoms with E-state index in [2.05, 4.69) is 10.2 Å². The number of aromatic nitrogens is 2. The standard InChI is InChI=1S/C17H14N2O4S/c1-24-13-7-4-12(5-8-13)6-9-16(20)22-11-15-18-19-17(23-15)14-3-2-10-21-14/h2-10H,11H2,1H3/b9-6+. The Labute approximate surface area is 142 Å². The lowest BCUT2D eigenvalue weighted by molar-refractivity contribution is -0.139. The Morgan fingerprint density at radius 2 is 2.08 bits per heavy atom. The summed E-state index contributed by atoms with van der Waals surface area (Å²) in [5.74, 6) is 0.429. The van der Waals surface area contributed by atoms with Crippen LogP contribution >= 0.6 is 11.8 Å². The van der Waals surface area contributed by atoms with Crippen LogP contribution in [0.4, 0.5) is 0 Å². The molecule has 0 aliphatic heterocycles. The normalized spacial score (nSPS) is 11.0. The number of thioether (sulfide) groups is 1. The first kappa shape index (κ1) is 16.1. The van der Waals surface area contributed by atoms with Crippen molar-refractivity contribution in [1.82, 2.24) is 10.2 Å². The van der Waals surface area contributed by atoms with Crippen molar-refractivity contribution >= 4 is 23.8 Å². The molecule has 0 aliphatic rings. The molecule has 6 nitrogen and oxygen atoms in total. The predicted molar refractivity (Wildman–Crippen MR) is 89.1 cm³/mol.